The van der Waals surface area contributed by atoms with Crippen molar-refractivity contribution in [2.45, 2.75) is 51.7 Å². The number of fused-ring (bicyclic) bond motifs is 1. The quantitative estimate of drug-likeness (QED) is 0.883. The maximum absolute atomic E-state index is 12.3. The standard InChI is InChI=1S/C15H23N3O2S.ClH/c1-3-10-4-5-11-12(8-10)21-15(17-11)18-14(19)13-9(2)20-7-6-16-13;/h9-10,13,16H,3-8H2,1-2H3,(H,17,18,19);1H/t9-,10?,13+;/m1./s1. The van der Waals surface area contributed by atoms with Crippen LogP contribution in [0.15, 0.2) is 0 Å². The van der Waals surface area contributed by atoms with Gasteiger partial charge in [0.25, 0.3) is 0 Å². The zero-order chi connectivity index (χ0) is 14.8. The smallest absolute Gasteiger partial charge is 0.245 e. The highest BCUT2D eigenvalue weighted by Gasteiger charge is 2.29. The van der Waals surface area contributed by atoms with E-state index in [0.717, 1.165) is 30.4 Å². The second-order valence-electron chi connectivity index (χ2n) is 5.90. The van der Waals surface area contributed by atoms with Crippen molar-refractivity contribution < 1.29 is 9.53 Å². The monoisotopic (exact) mass is 345 g/mol. The third-order valence-electron chi connectivity index (χ3n) is 4.45. The molecule has 0 radical (unpaired) electrons. The van der Waals surface area contributed by atoms with Crippen LogP contribution in [0.25, 0.3) is 0 Å². The zero-order valence-electron chi connectivity index (χ0n) is 13.1. The largest absolute Gasteiger partial charge is 0.375 e. The number of rotatable bonds is 3. The van der Waals surface area contributed by atoms with Gasteiger partial charge in [0.2, 0.25) is 5.91 Å². The highest BCUT2D eigenvalue weighted by atomic mass is 35.5. The molecule has 0 aromatic carbocycles. The Kier molecular flexibility index (Phi) is 6.20. The van der Waals surface area contributed by atoms with Gasteiger partial charge in [0.1, 0.15) is 6.04 Å². The van der Waals surface area contributed by atoms with Crippen molar-refractivity contribution in [3.05, 3.63) is 10.6 Å². The minimum Gasteiger partial charge on any atom is -0.375 e. The van der Waals surface area contributed by atoms with Crippen LogP contribution in [-0.4, -0.2) is 36.2 Å². The lowest BCUT2D eigenvalue weighted by molar-refractivity contribution is -0.123. The van der Waals surface area contributed by atoms with Crippen molar-refractivity contribution in [2.75, 3.05) is 18.5 Å². The number of amides is 1. The van der Waals surface area contributed by atoms with Gasteiger partial charge >= 0.3 is 0 Å². The molecule has 2 aliphatic rings. The molecule has 1 saturated heterocycles. The number of ether oxygens (including phenoxy) is 1. The molecule has 1 unspecified atom stereocenters. The fourth-order valence-electron chi connectivity index (χ4n) is 3.06. The lowest BCUT2D eigenvalue weighted by atomic mass is 9.89. The number of carbonyl (C=O) groups excluding carboxylic acids is 1. The average molecular weight is 346 g/mol. The van der Waals surface area contributed by atoms with Crippen LogP contribution in [0.1, 0.15) is 37.3 Å². The highest BCUT2D eigenvalue weighted by Crippen LogP contribution is 2.33. The normalized spacial score (nSPS) is 27.6. The van der Waals surface area contributed by atoms with E-state index in [1.54, 1.807) is 11.3 Å². The number of carbonyl (C=O) groups is 1. The maximum atomic E-state index is 12.3. The molecule has 3 rings (SSSR count). The Hall–Kier alpha value is -0.690. The number of aromatic nitrogens is 1. The van der Waals surface area contributed by atoms with Crippen molar-refractivity contribution in [3.8, 4) is 0 Å². The predicted molar refractivity (Wildman–Crippen MR) is 91.0 cm³/mol. The number of hydrogen-bond acceptors (Lipinski definition) is 5. The summed E-state index contributed by atoms with van der Waals surface area (Å²) in [5.41, 5.74) is 1.18. The summed E-state index contributed by atoms with van der Waals surface area (Å²) < 4.78 is 5.52. The molecule has 3 atom stereocenters. The number of thiazole rings is 1. The summed E-state index contributed by atoms with van der Waals surface area (Å²) in [6.45, 7) is 5.55. The first-order valence-corrected chi connectivity index (χ1v) is 8.63. The lowest BCUT2D eigenvalue weighted by Crippen LogP contribution is -2.53. The molecule has 1 amide bonds. The summed E-state index contributed by atoms with van der Waals surface area (Å²) in [5, 5.41) is 6.90. The highest BCUT2D eigenvalue weighted by molar-refractivity contribution is 7.15. The first-order chi connectivity index (χ1) is 10.2. The van der Waals surface area contributed by atoms with Crippen LogP contribution in [0.3, 0.4) is 0 Å². The van der Waals surface area contributed by atoms with Gasteiger partial charge in [-0.3, -0.25) is 4.79 Å². The average Bonchev–Trinajstić information content (AvgIpc) is 2.88. The summed E-state index contributed by atoms with van der Waals surface area (Å²) in [6, 6.07) is -0.289. The fraction of sp³-hybridized carbons (Fsp3) is 0.733. The van der Waals surface area contributed by atoms with E-state index < -0.39 is 0 Å². The third kappa shape index (κ3) is 3.79. The van der Waals surface area contributed by atoms with Gasteiger partial charge in [-0.1, -0.05) is 13.3 Å². The third-order valence-corrected chi connectivity index (χ3v) is 5.48. The van der Waals surface area contributed by atoms with Crippen LogP contribution in [0, 0.1) is 5.92 Å². The fourth-order valence-corrected chi connectivity index (χ4v) is 4.18. The lowest BCUT2D eigenvalue weighted by Gasteiger charge is -2.28. The number of morpholine rings is 1. The van der Waals surface area contributed by atoms with E-state index in [1.165, 1.54) is 23.4 Å². The Morgan fingerprint density at radius 1 is 1.55 bits per heavy atom. The molecule has 1 aliphatic carbocycles. The molecule has 1 aliphatic heterocycles. The van der Waals surface area contributed by atoms with Crippen molar-refractivity contribution in [1.29, 1.82) is 0 Å². The summed E-state index contributed by atoms with van der Waals surface area (Å²) >= 11 is 1.64. The van der Waals surface area contributed by atoms with Crippen molar-refractivity contribution in [3.63, 3.8) is 0 Å². The molecule has 0 saturated carbocycles. The molecule has 1 fully saturated rings. The van der Waals surface area contributed by atoms with Gasteiger partial charge < -0.3 is 15.4 Å². The van der Waals surface area contributed by atoms with E-state index in [2.05, 4.69) is 22.5 Å². The predicted octanol–water partition coefficient (Wildman–Crippen LogP) is 2.40. The molecule has 1 aromatic rings. The van der Waals surface area contributed by atoms with E-state index in [-0.39, 0.29) is 30.5 Å². The molecule has 124 valence electrons. The molecule has 2 heterocycles. The van der Waals surface area contributed by atoms with Crippen LogP contribution >= 0.6 is 23.7 Å². The van der Waals surface area contributed by atoms with Crippen molar-refractivity contribution in [2.24, 2.45) is 5.92 Å². The molecule has 0 bridgehead atoms. The summed E-state index contributed by atoms with van der Waals surface area (Å²) in [5.74, 6) is 0.732. The van der Waals surface area contributed by atoms with Crippen LogP contribution in [0.2, 0.25) is 0 Å². The Bertz CT molecular complexity index is 523. The van der Waals surface area contributed by atoms with Crippen molar-refractivity contribution >= 4 is 34.8 Å². The van der Waals surface area contributed by atoms with Gasteiger partial charge in [-0.25, -0.2) is 4.98 Å². The minimum atomic E-state index is -0.289. The molecule has 22 heavy (non-hydrogen) atoms. The first kappa shape index (κ1) is 17.7. The van der Waals surface area contributed by atoms with E-state index in [4.69, 9.17) is 4.74 Å². The Balaban J connectivity index is 0.00000176. The Morgan fingerprint density at radius 2 is 2.36 bits per heavy atom. The molecule has 0 spiro atoms. The second-order valence-corrected chi connectivity index (χ2v) is 6.99. The summed E-state index contributed by atoms with van der Waals surface area (Å²) in [7, 11) is 0. The van der Waals surface area contributed by atoms with Gasteiger partial charge in [0, 0.05) is 11.4 Å². The summed E-state index contributed by atoms with van der Waals surface area (Å²) in [4.78, 5) is 18.3. The molecular formula is C15H24ClN3O2S. The second kappa shape index (κ2) is 7.73. The first-order valence-electron chi connectivity index (χ1n) is 7.81. The Labute approximate surface area is 141 Å². The number of halogens is 1. The van der Waals surface area contributed by atoms with Gasteiger partial charge in [-0.15, -0.1) is 23.7 Å². The zero-order valence-corrected chi connectivity index (χ0v) is 14.7. The van der Waals surface area contributed by atoms with Crippen molar-refractivity contribution in [1.82, 2.24) is 10.3 Å². The van der Waals surface area contributed by atoms with E-state index in [1.807, 2.05) is 6.92 Å². The van der Waals surface area contributed by atoms with Gasteiger partial charge in [-0.2, -0.15) is 0 Å². The number of nitrogens with zero attached hydrogens (tertiary/aromatic N) is 1. The van der Waals surface area contributed by atoms with Crippen LogP contribution < -0.4 is 10.6 Å². The molecule has 2 N–H and O–H groups in total. The number of aryl methyl sites for hydroxylation is 1. The Morgan fingerprint density at radius 3 is 3.09 bits per heavy atom. The van der Waals surface area contributed by atoms with Crippen LogP contribution in [0.5, 0.6) is 0 Å². The van der Waals surface area contributed by atoms with Gasteiger partial charge in [0.05, 0.1) is 18.4 Å². The van der Waals surface area contributed by atoms with Crippen LogP contribution in [-0.2, 0) is 22.4 Å². The van der Waals surface area contributed by atoms with Crippen LogP contribution in [0.4, 0.5) is 5.13 Å². The number of nitrogens with one attached hydrogen (secondary N) is 2. The summed E-state index contributed by atoms with van der Waals surface area (Å²) in [6.07, 6.45) is 4.50. The van der Waals surface area contributed by atoms with Gasteiger partial charge in [0.15, 0.2) is 5.13 Å². The number of hydrogen-bond donors (Lipinski definition) is 2. The SMILES string of the molecule is CCC1CCc2nc(NC(=O)[C@H]3NCCO[C@@H]3C)sc2C1.Cl. The molecule has 5 nitrogen and oxygen atoms in total. The minimum absolute atomic E-state index is 0. The van der Waals surface area contributed by atoms with E-state index >= 15 is 0 Å². The van der Waals surface area contributed by atoms with E-state index in [9.17, 15) is 4.79 Å². The number of anilines is 1. The molecular weight excluding hydrogens is 322 g/mol. The molecule has 7 heteroatoms. The maximum Gasteiger partial charge on any atom is 0.245 e. The topological polar surface area (TPSA) is 63.2 Å². The van der Waals surface area contributed by atoms with Gasteiger partial charge in [-0.05, 0) is 32.1 Å². The van der Waals surface area contributed by atoms with E-state index in [0.29, 0.717) is 6.61 Å². The molecule has 1 aromatic heterocycles.